The maximum absolute atomic E-state index is 13.2. The van der Waals surface area contributed by atoms with Gasteiger partial charge >= 0.3 is 0 Å². The van der Waals surface area contributed by atoms with Crippen molar-refractivity contribution >= 4 is 23.4 Å². The van der Waals surface area contributed by atoms with Crippen LogP contribution in [0.1, 0.15) is 50.4 Å². The van der Waals surface area contributed by atoms with Gasteiger partial charge < -0.3 is 14.7 Å². The summed E-state index contributed by atoms with van der Waals surface area (Å²) in [5.74, 6) is 0.327. The Labute approximate surface area is 186 Å². The first-order valence-corrected chi connectivity index (χ1v) is 10.7. The Kier molecular flexibility index (Phi) is 6.16. The molecule has 4 rings (SSSR count). The van der Waals surface area contributed by atoms with E-state index in [0.717, 1.165) is 5.56 Å². The first kappa shape index (κ1) is 21.5. The molecule has 164 valence electrons. The molecule has 7 heteroatoms. The highest BCUT2D eigenvalue weighted by Crippen LogP contribution is 2.23. The van der Waals surface area contributed by atoms with E-state index in [2.05, 4.69) is 10.5 Å². The van der Waals surface area contributed by atoms with Gasteiger partial charge in [-0.25, -0.2) is 0 Å². The number of aromatic nitrogens is 1. The van der Waals surface area contributed by atoms with E-state index in [1.54, 1.807) is 54.3 Å². The van der Waals surface area contributed by atoms with Gasteiger partial charge in [0.15, 0.2) is 11.6 Å². The lowest BCUT2D eigenvalue weighted by Crippen LogP contribution is -2.41. The minimum absolute atomic E-state index is 0.125. The van der Waals surface area contributed by atoms with E-state index < -0.39 is 0 Å². The van der Waals surface area contributed by atoms with Gasteiger partial charge in [0.2, 0.25) is 5.91 Å². The monoisotopic (exact) mass is 431 g/mol. The molecule has 0 aliphatic carbocycles. The van der Waals surface area contributed by atoms with Crippen LogP contribution in [0.5, 0.6) is 0 Å². The molecule has 32 heavy (non-hydrogen) atoms. The minimum Gasteiger partial charge on any atom is -0.360 e. The predicted molar refractivity (Wildman–Crippen MR) is 120 cm³/mol. The number of anilines is 1. The van der Waals surface area contributed by atoms with E-state index in [9.17, 15) is 14.4 Å². The van der Waals surface area contributed by atoms with Gasteiger partial charge in [-0.05, 0) is 32.8 Å². The molecule has 1 saturated heterocycles. The summed E-state index contributed by atoms with van der Waals surface area (Å²) in [6.45, 7) is 4.61. The number of likely N-dealkylation sites (tertiary alicyclic amines) is 1. The molecule has 3 aromatic rings. The zero-order valence-corrected chi connectivity index (χ0v) is 18.1. The van der Waals surface area contributed by atoms with E-state index in [4.69, 9.17) is 4.52 Å². The maximum Gasteiger partial charge on any atom is 0.254 e. The molecule has 0 atom stereocenters. The summed E-state index contributed by atoms with van der Waals surface area (Å²) < 4.78 is 4.97. The average Bonchev–Trinajstić information content (AvgIpc) is 3.23. The molecule has 2 heterocycles. The molecule has 1 aliphatic heterocycles. The van der Waals surface area contributed by atoms with Gasteiger partial charge in [0.1, 0.15) is 5.76 Å². The predicted octanol–water partition coefficient (Wildman–Crippen LogP) is 4.01. The lowest BCUT2D eigenvalue weighted by Gasteiger charge is -2.31. The summed E-state index contributed by atoms with van der Waals surface area (Å²) in [4.78, 5) is 40.5. The number of aryl methyl sites for hydroxylation is 2. The lowest BCUT2D eigenvalue weighted by atomic mass is 9.93. The van der Waals surface area contributed by atoms with Gasteiger partial charge in [-0.15, -0.1) is 0 Å². The Hall–Kier alpha value is -3.74. The zero-order valence-electron chi connectivity index (χ0n) is 18.1. The Bertz CT molecular complexity index is 1140. The molecule has 1 aromatic heterocycles. The molecule has 0 spiro atoms. The highest BCUT2D eigenvalue weighted by atomic mass is 16.5. The van der Waals surface area contributed by atoms with Crippen molar-refractivity contribution in [1.82, 2.24) is 10.1 Å². The highest BCUT2D eigenvalue weighted by Gasteiger charge is 2.30. The number of ketones is 1. The summed E-state index contributed by atoms with van der Waals surface area (Å²) in [5.41, 5.74) is 2.40. The van der Waals surface area contributed by atoms with Crippen LogP contribution < -0.4 is 5.32 Å². The normalized spacial score (nSPS) is 14.2. The molecule has 1 fully saturated rings. The first-order valence-electron chi connectivity index (χ1n) is 10.7. The molecule has 1 aliphatic rings. The van der Waals surface area contributed by atoms with Crippen LogP contribution in [0.25, 0.3) is 0 Å². The highest BCUT2D eigenvalue weighted by molar-refractivity contribution is 6.15. The number of nitrogens with zero attached hydrogens (tertiary/aromatic N) is 2. The Morgan fingerprint density at radius 3 is 2.25 bits per heavy atom. The zero-order chi connectivity index (χ0) is 22.7. The van der Waals surface area contributed by atoms with Gasteiger partial charge in [-0.2, -0.15) is 0 Å². The average molecular weight is 431 g/mol. The molecule has 2 amide bonds. The van der Waals surface area contributed by atoms with Crippen molar-refractivity contribution in [2.24, 2.45) is 5.92 Å². The quantitative estimate of drug-likeness (QED) is 0.616. The van der Waals surface area contributed by atoms with Crippen molar-refractivity contribution in [3.8, 4) is 0 Å². The molecule has 0 unspecified atom stereocenters. The molecular formula is C25H25N3O4. The summed E-state index contributed by atoms with van der Waals surface area (Å²) in [6, 6.07) is 15.9. The summed E-state index contributed by atoms with van der Waals surface area (Å²) in [6.07, 6.45) is 1.09. The number of benzene rings is 2. The van der Waals surface area contributed by atoms with Crippen molar-refractivity contribution < 1.29 is 18.9 Å². The number of hydrogen-bond acceptors (Lipinski definition) is 5. The SMILES string of the molecule is Cc1ccc(C(=O)c2ccccc2C(=O)N2CCC(C(=O)Nc3cc(C)on3)CC2)cc1. The van der Waals surface area contributed by atoms with Crippen LogP contribution in [0.15, 0.2) is 59.1 Å². The van der Waals surface area contributed by atoms with E-state index in [0.29, 0.717) is 54.2 Å². The minimum atomic E-state index is -0.208. The molecule has 0 bridgehead atoms. The fourth-order valence-corrected chi connectivity index (χ4v) is 3.90. The Morgan fingerprint density at radius 2 is 1.62 bits per heavy atom. The van der Waals surface area contributed by atoms with E-state index in [1.807, 2.05) is 19.1 Å². The standard InChI is InChI=1S/C25H25N3O4/c1-16-7-9-18(10-8-16)23(29)20-5-3-4-6-21(20)25(31)28-13-11-19(12-14-28)24(30)26-22-15-17(2)32-27-22/h3-10,15,19H,11-14H2,1-2H3,(H,26,27,30). The molecule has 7 nitrogen and oxygen atoms in total. The smallest absolute Gasteiger partial charge is 0.254 e. The Balaban J connectivity index is 1.43. The number of rotatable bonds is 5. The van der Waals surface area contributed by atoms with Crippen LogP contribution in [-0.4, -0.2) is 40.7 Å². The second-order valence-electron chi connectivity index (χ2n) is 8.12. The number of amides is 2. The number of carbonyl (C=O) groups is 3. The van der Waals surface area contributed by atoms with Crippen LogP contribution in [0.3, 0.4) is 0 Å². The van der Waals surface area contributed by atoms with Gasteiger partial charge in [-0.3, -0.25) is 14.4 Å². The molecule has 0 saturated carbocycles. The maximum atomic E-state index is 13.2. The van der Waals surface area contributed by atoms with Crippen LogP contribution >= 0.6 is 0 Å². The van der Waals surface area contributed by atoms with E-state index in [-0.39, 0.29) is 23.5 Å². The molecule has 2 aromatic carbocycles. The number of hydrogen-bond donors (Lipinski definition) is 1. The third-order valence-electron chi connectivity index (χ3n) is 5.75. The Morgan fingerprint density at radius 1 is 0.969 bits per heavy atom. The number of nitrogens with one attached hydrogen (secondary N) is 1. The first-order chi connectivity index (χ1) is 15.4. The van der Waals surface area contributed by atoms with Crippen molar-refractivity contribution in [1.29, 1.82) is 0 Å². The lowest BCUT2D eigenvalue weighted by molar-refractivity contribution is -0.121. The number of carbonyl (C=O) groups excluding carboxylic acids is 3. The molecular weight excluding hydrogens is 406 g/mol. The van der Waals surface area contributed by atoms with Crippen LogP contribution in [0.4, 0.5) is 5.82 Å². The largest absolute Gasteiger partial charge is 0.360 e. The topological polar surface area (TPSA) is 92.5 Å². The third-order valence-corrected chi connectivity index (χ3v) is 5.75. The van der Waals surface area contributed by atoms with Crippen molar-refractivity contribution in [2.75, 3.05) is 18.4 Å². The van der Waals surface area contributed by atoms with Gasteiger partial charge in [-0.1, -0.05) is 53.2 Å². The van der Waals surface area contributed by atoms with Gasteiger partial charge in [0.25, 0.3) is 5.91 Å². The van der Waals surface area contributed by atoms with E-state index >= 15 is 0 Å². The van der Waals surface area contributed by atoms with Crippen molar-refractivity contribution in [2.45, 2.75) is 26.7 Å². The van der Waals surface area contributed by atoms with Gasteiger partial charge in [0.05, 0.1) is 5.56 Å². The van der Waals surface area contributed by atoms with Crippen molar-refractivity contribution in [3.05, 3.63) is 82.6 Å². The second-order valence-corrected chi connectivity index (χ2v) is 8.12. The second kappa shape index (κ2) is 9.18. The van der Waals surface area contributed by atoms with E-state index in [1.165, 1.54) is 0 Å². The summed E-state index contributed by atoms with van der Waals surface area (Å²) in [5, 5.41) is 6.55. The van der Waals surface area contributed by atoms with Crippen molar-refractivity contribution in [3.63, 3.8) is 0 Å². The fraction of sp³-hybridized carbons (Fsp3) is 0.280. The summed E-state index contributed by atoms with van der Waals surface area (Å²) in [7, 11) is 0. The summed E-state index contributed by atoms with van der Waals surface area (Å²) >= 11 is 0. The molecule has 0 radical (unpaired) electrons. The molecule has 1 N–H and O–H groups in total. The van der Waals surface area contributed by atoms with Crippen LogP contribution in [0, 0.1) is 19.8 Å². The fourth-order valence-electron chi connectivity index (χ4n) is 3.90. The van der Waals surface area contributed by atoms with Crippen LogP contribution in [0.2, 0.25) is 0 Å². The third kappa shape index (κ3) is 4.61. The van der Waals surface area contributed by atoms with Gasteiger partial charge in [0, 0.05) is 36.2 Å². The number of piperidine rings is 1. The van der Waals surface area contributed by atoms with Crippen LogP contribution in [-0.2, 0) is 4.79 Å².